The number of esters is 1. The second kappa shape index (κ2) is 8.19. The third kappa shape index (κ3) is 4.36. The Morgan fingerprint density at radius 2 is 2.00 bits per heavy atom. The van der Waals surface area contributed by atoms with Crippen molar-refractivity contribution in [2.75, 3.05) is 25.5 Å². The van der Waals surface area contributed by atoms with E-state index < -0.39 is 0 Å². The normalized spacial score (nSPS) is 17.1. The van der Waals surface area contributed by atoms with Crippen LogP contribution in [0.1, 0.15) is 29.5 Å². The lowest BCUT2D eigenvalue weighted by Crippen LogP contribution is -2.41. The summed E-state index contributed by atoms with van der Waals surface area (Å²) in [6.45, 7) is 7.12. The van der Waals surface area contributed by atoms with E-state index >= 15 is 0 Å². The number of amides is 1. The molecule has 1 aromatic carbocycles. The van der Waals surface area contributed by atoms with Crippen LogP contribution in [0.5, 0.6) is 0 Å². The summed E-state index contributed by atoms with van der Waals surface area (Å²) >= 11 is 1.41. The molecule has 0 saturated carbocycles. The van der Waals surface area contributed by atoms with Crippen LogP contribution in [0.15, 0.2) is 17.5 Å². The molecule has 1 amide bonds. The quantitative estimate of drug-likeness (QED) is 0.797. The number of nitrogens with zero attached hydrogens (tertiary/aromatic N) is 2. The van der Waals surface area contributed by atoms with Gasteiger partial charge in [-0.1, -0.05) is 17.7 Å². The number of rotatable bonds is 5. The Hall–Kier alpha value is -2.25. The van der Waals surface area contributed by atoms with Crippen molar-refractivity contribution in [3.8, 4) is 11.3 Å². The van der Waals surface area contributed by atoms with Crippen LogP contribution in [-0.2, 0) is 14.3 Å². The van der Waals surface area contributed by atoms with Gasteiger partial charge in [-0.2, -0.15) is 0 Å². The van der Waals surface area contributed by atoms with Crippen LogP contribution in [0.25, 0.3) is 11.3 Å². The maximum atomic E-state index is 12.4. The monoisotopic (exact) mass is 387 g/mol. The minimum Gasteiger partial charge on any atom is -0.468 e. The first kappa shape index (κ1) is 19.5. The van der Waals surface area contributed by atoms with E-state index in [0.29, 0.717) is 5.13 Å². The third-order valence-corrected chi connectivity index (χ3v) is 5.63. The van der Waals surface area contributed by atoms with Gasteiger partial charge in [0.25, 0.3) is 0 Å². The van der Waals surface area contributed by atoms with Crippen molar-refractivity contribution < 1.29 is 14.3 Å². The number of carbonyl (C=O) groups excluding carboxylic acids is 2. The van der Waals surface area contributed by atoms with E-state index in [1.54, 1.807) is 0 Å². The van der Waals surface area contributed by atoms with E-state index in [2.05, 4.69) is 43.2 Å². The Morgan fingerprint density at radius 3 is 2.67 bits per heavy atom. The fourth-order valence-electron chi connectivity index (χ4n) is 3.79. The molecular formula is C20H25N3O3S. The van der Waals surface area contributed by atoms with Crippen LogP contribution >= 0.6 is 11.3 Å². The Balaban J connectivity index is 1.68. The second-order valence-corrected chi connectivity index (χ2v) is 7.87. The molecule has 0 bridgehead atoms. The summed E-state index contributed by atoms with van der Waals surface area (Å²) in [4.78, 5) is 30.7. The Morgan fingerprint density at radius 1 is 1.30 bits per heavy atom. The van der Waals surface area contributed by atoms with Gasteiger partial charge in [0, 0.05) is 10.9 Å². The molecule has 1 fully saturated rings. The Labute approximate surface area is 163 Å². The predicted octanol–water partition coefficient (Wildman–Crippen LogP) is 3.31. The van der Waals surface area contributed by atoms with Crippen LogP contribution in [0, 0.1) is 20.8 Å². The van der Waals surface area contributed by atoms with Crippen LogP contribution in [0.4, 0.5) is 5.13 Å². The highest BCUT2D eigenvalue weighted by atomic mass is 32.1. The molecule has 27 heavy (non-hydrogen) atoms. The highest BCUT2D eigenvalue weighted by Crippen LogP contribution is 2.31. The van der Waals surface area contributed by atoms with E-state index in [0.717, 1.165) is 30.6 Å². The zero-order valence-corrected chi connectivity index (χ0v) is 17.0. The van der Waals surface area contributed by atoms with Gasteiger partial charge < -0.3 is 10.1 Å². The molecule has 1 unspecified atom stereocenters. The number of hydrogen-bond acceptors (Lipinski definition) is 6. The zero-order valence-electron chi connectivity index (χ0n) is 16.2. The van der Waals surface area contributed by atoms with Crippen LogP contribution < -0.4 is 5.32 Å². The first-order chi connectivity index (χ1) is 12.9. The van der Waals surface area contributed by atoms with Crippen molar-refractivity contribution in [2.45, 2.75) is 39.7 Å². The number of aryl methyl sites for hydroxylation is 3. The van der Waals surface area contributed by atoms with Crippen molar-refractivity contribution in [3.63, 3.8) is 0 Å². The summed E-state index contributed by atoms with van der Waals surface area (Å²) < 4.78 is 4.82. The standard InChI is InChI=1S/C20H25N3O3S/c1-12-8-13(2)18(14(3)9-12)15-11-27-20(21-15)22-17(24)10-23-7-5-6-16(23)19(25)26-4/h8-9,11,16H,5-7,10H2,1-4H3,(H,21,22,24). The average molecular weight is 388 g/mol. The number of methoxy groups -OCH3 is 1. The maximum Gasteiger partial charge on any atom is 0.323 e. The van der Waals surface area contributed by atoms with Gasteiger partial charge in [0.05, 0.1) is 19.3 Å². The second-order valence-electron chi connectivity index (χ2n) is 7.01. The van der Waals surface area contributed by atoms with E-state index in [1.807, 2.05) is 10.3 Å². The Bertz CT molecular complexity index is 839. The fraction of sp³-hybridized carbons (Fsp3) is 0.450. The molecule has 1 saturated heterocycles. The summed E-state index contributed by atoms with van der Waals surface area (Å²) in [5.74, 6) is -0.439. The lowest BCUT2D eigenvalue weighted by molar-refractivity contribution is -0.146. The molecule has 2 heterocycles. The smallest absolute Gasteiger partial charge is 0.323 e. The number of ether oxygens (including phenoxy) is 1. The molecule has 6 nitrogen and oxygen atoms in total. The van der Waals surface area contributed by atoms with Gasteiger partial charge in [-0.15, -0.1) is 11.3 Å². The summed E-state index contributed by atoms with van der Waals surface area (Å²) in [6.07, 6.45) is 1.62. The largest absolute Gasteiger partial charge is 0.468 e. The highest BCUT2D eigenvalue weighted by Gasteiger charge is 2.32. The predicted molar refractivity (Wildman–Crippen MR) is 107 cm³/mol. The number of likely N-dealkylation sites (tertiary alicyclic amines) is 1. The van der Waals surface area contributed by atoms with E-state index in [4.69, 9.17) is 4.74 Å². The summed E-state index contributed by atoms with van der Waals surface area (Å²) in [6, 6.07) is 3.95. The van der Waals surface area contributed by atoms with E-state index in [9.17, 15) is 9.59 Å². The van der Waals surface area contributed by atoms with Gasteiger partial charge in [-0.25, -0.2) is 4.98 Å². The number of aromatic nitrogens is 1. The molecule has 1 aliphatic rings. The van der Waals surface area contributed by atoms with Gasteiger partial charge in [0.1, 0.15) is 6.04 Å². The number of hydrogen-bond donors (Lipinski definition) is 1. The van der Waals surface area contributed by atoms with Crippen LogP contribution in [0.2, 0.25) is 0 Å². The van der Waals surface area contributed by atoms with Gasteiger partial charge >= 0.3 is 5.97 Å². The number of anilines is 1. The van der Waals surface area contributed by atoms with E-state index in [-0.39, 0.29) is 24.5 Å². The highest BCUT2D eigenvalue weighted by molar-refractivity contribution is 7.14. The van der Waals surface area contributed by atoms with Gasteiger partial charge in [0.15, 0.2) is 5.13 Å². The van der Waals surface area contributed by atoms with Crippen molar-refractivity contribution in [1.29, 1.82) is 0 Å². The fourth-order valence-corrected chi connectivity index (χ4v) is 4.51. The van der Waals surface area contributed by atoms with Gasteiger partial charge in [-0.05, 0) is 51.3 Å². The third-order valence-electron chi connectivity index (χ3n) is 4.87. The topological polar surface area (TPSA) is 71.5 Å². The lowest BCUT2D eigenvalue weighted by atomic mass is 9.98. The number of benzene rings is 1. The molecule has 0 aliphatic carbocycles. The molecule has 3 rings (SSSR count). The average Bonchev–Trinajstić information content (AvgIpc) is 3.23. The van der Waals surface area contributed by atoms with Gasteiger partial charge in [-0.3, -0.25) is 14.5 Å². The zero-order chi connectivity index (χ0) is 19.6. The summed E-state index contributed by atoms with van der Waals surface area (Å²) in [5.41, 5.74) is 5.56. The molecule has 144 valence electrons. The molecule has 0 radical (unpaired) electrons. The van der Waals surface area contributed by atoms with Crippen LogP contribution in [0.3, 0.4) is 0 Å². The first-order valence-electron chi connectivity index (χ1n) is 9.04. The SMILES string of the molecule is COC(=O)C1CCCN1CC(=O)Nc1nc(-c2c(C)cc(C)cc2C)cs1. The number of carbonyl (C=O) groups is 2. The van der Waals surface area contributed by atoms with Crippen molar-refractivity contribution in [3.05, 3.63) is 34.2 Å². The molecule has 0 spiro atoms. The molecule has 7 heteroatoms. The summed E-state index contributed by atoms with van der Waals surface area (Å²) in [7, 11) is 1.38. The van der Waals surface area contributed by atoms with Crippen molar-refractivity contribution >= 4 is 28.3 Å². The number of nitrogens with one attached hydrogen (secondary N) is 1. The maximum absolute atomic E-state index is 12.4. The minimum absolute atomic E-state index is 0.163. The van der Waals surface area contributed by atoms with Gasteiger partial charge in [0.2, 0.25) is 5.91 Å². The van der Waals surface area contributed by atoms with Crippen LogP contribution in [-0.4, -0.2) is 48.0 Å². The van der Waals surface area contributed by atoms with E-state index in [1.165, 1.54) is 35.1 Å². The van der Waals surface area contributed by atoms with Crippen molar-refractivity contribution in [1.82, 2.24) is 9.88 Å². The number of thiazole rings is 1. The first-order valence-corrected chi connectivity index (χ1v) is 9.92. The molecule has 1 aliphatic heterocycles. The van der Waals surface area contributed by atoms with Crippen molar-refractivity contribution in [2.24, 2.45) is 0 Å². The molecule has 1 aromatic heterocycles. The molecule has 1 atom stereocenters. The molecular weight excluding hydrogens is 362 g/mol. The molecule has 1 N–H and O–H groups in total. The minimum atomic E-state index is -0.328. The summed E-state index contributed by atoms with van der Waals surface area (Å²) in [5, 5.41) is 5.40. The lowest BCUT2D eigenvalue weighted by Gasteiger charge is -2.21. The Kier molecular flexibility index (Phi) is 5.92. The molecule has 2 aromatic rings.